The van der Waals surface area contributed by atoms with Gasteiger partial charge in [-0.05, 0) is 30.8 Å². The third-order valence-electron chi connectivity index (χ3n) is 4.76. The number of para-hydroxylation sites is 1. The molecule has 0 unspecified atom stereocenters. The molecular weight excluding hydrogens is 362 g/mol. The third kappa shape index (κ3) is 4.67. The summed E-state index contributed by atoms with van der Waals surface area (Å²) >= 11 is 6.33. The number of likely N-dealkylation sites (N-methyl/N-ethyl adjacent to an activating group) is 1. The van der Waals surface area contributed by atoms with Crippen LogP contribution in [0.15, 0.2) is 53.5 Å². The molecule has 1 aliphatic rings. The number of hydrogen-bond donors (Lipinski definition) is 0. The van der Waals surface area contributed by atoms with Gasteiger partial charge in [-0.2, -0.15) is 0 Å². The molecule has 0 bridgehead atoms. The summed E-state index contributed by atoms with van der Waals surface area (Å²) in [6.07, 6.45) is 0. The Balaban J connectivity index is 1.95. The van der Waals surface area contributed by atoms with E-state index in [1.54, 1.807) is 12.1 Å². The summed E-state index contributed by atoms with van der Waals surface area (Å²) < 4.78 is 4.79. The van der Waals surface area contributed by atoms with Crippen molar-refractivity contribution in [1.29, 1.82) is 0 Å². The molecule has 0 radical (unpaired) electrons. The number of carbonyl (C=O) groups is 1. The fourth-order valence-corrected chi connectivity index (χ4v) is 3.30. The lowest BCUT2D eigenvalue weighted by Gasteiger charge is -2.36. The molecule has 2 aromatic rings. The molecule has 0 aliphatic carbocycles. The molecule has 6 heteroatoms. The summed E-state index contributed by atoms with van der Waals surface area (Å²) in [4.78, 5) is 21.3. The number of benzene rings is 2. The van der Waals surface area contributed by atoms with Crippen LogP contribution in [-0.2, 0) is 4.74 Å². The summed E-state index contributed by atoms with van der Waals surface area (Å²) in [5.74, 6) is 0.526. The number of halogens is 1. The molecule has 0 atom stereocenters. The molecule has 0 amide bonds. The highest BCUT2D eigenvalue weighted by Gasteiger charge is 2.21. The zero-order chi connectivity index (χ0) is 19.2. The van der Waals surface area contributed by atoms with Crippen LogP contribution in [0, 0.1) is 0 Å². The molecule has 0 saturated carbocycles. The number of ether oxygens (including phenoxy) is 1. The van der Waals surface area contributed by atoms with Crippen molar-refractivity contribution < 1.29 is 9.53 Å². The molecule has 0 aromatic heterocycles. The number of aliphatic imine (C=N–C) groups is 1. The fourth-order valence-electron chi connectivity index (χ4n) is 3.12. The zero-order valence-electron chi connectivity index (χ0n) is 15.7. The number of amidine groups is 1. The number of esters is 1. The van der Waals surface area contributed by atoms with Crippen LogP contribution in [0.4, 0.5) is 5.69 Å². The molecular formula is C21H24ClN3O2. The lowest BCUT2D eigenvalue weighted by molar-refractivity contribution is 0.0600. The van der Waals surface area contributed by atoms with Crippen LogP contribution in [0.3, 0.4) is 0 Å². The van der Waals surface area contributed by atoms with Gasteiger partial charge in [-0.25, -0.2) is 9.79 Å². The molecule has 27 heavy (non-hydrogen) atoms. The van der Waals surface area contributed by atoms with Gasteiger partial charge in [-0.15, -0.1) is 0 Å². The van der Waals surface area contributed by atoms with Crippen LogP contribution in [0.5, 0.6) is 0 Å². The molecule has 1 aliphatic heterocycles. The van der Waals surface area contributed by atoms with E-state index in [-0.39, 0.29) is 5.97 Å². The van der Waals surface area contributed by atoms with Crippen molar-refractivity contribution in [1.82, 2.24) is 9.80 Å². The normalized spacial score (nSPS) is 15.7. The molecule has 1 heterocycles. The minimum atomic E-state index is -0.345. The summed E-state index contributed by atoms with van der Waals surface area (Å²) in [7, 11) is 1.38. The smallest absolute Gasteiger partial charge is 0.337 e. The van der Waals surface area contributed by atoms with Crippen molar-refractivity contribution >= 4 is 29.1 Å². The lowest BCUT2D eigenvalue weighted by atomic mass is 10.1. The zero-order valence-corrected chi connectivity index (χ0v) is 16.4. The summed E-state index contributed by atoms with van der Waals surface area (Å²) in [6.45, 7) is 7.03. The molecule has 1 saturated heterocycles. The maximum Gasteiger partial charge on any atom is 0.337 e. The number of methoxy groups -OCH3 is 1. The standard InChI is InChI=1S/C21H24ClN3O2/c1-3-24-12-14-25(15-13-24)20(23-19-7-5-4-6-18(19)22)16-8-10-17(11-9-16)21(26)27-2/h4-11H,3,12-15H2,1-2H3/b23-20-. The highest BCUT2D eigenvalue weighted by Crippen LogP contribution is 2.26. The van der Waals surface area contributed by atoms with Gasteiger partial charge in [0.1, 0.15) is 5.84 Å². The van der Waals surface area contributed by atoms with Gasteiger partial charge in [0.2, 0.25) is 0 Å². The van der Waals surface area contributed by atoms with Crippen LogP contribution < -0.4 is 0 Å². The molecule has 1 fully saturated rings. The molecule has 5 nitrogen and oxygen atoms in total. The van der Waals surface area contributed by atoms with Gasteiger partial charge in [-0.1, -0.05) is 42.8 Å². The Bertz CT molecular complexity index is 812. The van der Waals surface area contributed by atoms with Crippen molar-refractivity contribution in [3.8, 4) is 0 Å². The SMILES string of the molecule is CCN1CCN(/C(=N\c2ccccc2Cl)c2ccc(C(=O)OC)cc2)CC1. The van der Waals surface area contributed by atoms with Gasteiger partial charge in [-0.3, -0.25) is 0 Å². The number of rotatable bonds is 4. The van der Waals surface area contributed by atoms with E-state index in [1.165, 1.54) is 7.11 Å². The Labute approximate surface area is 165 Å². The average Bonchev–Trinajstić information content (AvgIpc) is 2.73. The number of piperazine rings is 1. The van der Waals surface area contributed by atoms with E-state index >= 15 is 0 Å². The van der Waals surface area contributed by atoms with Gasteiger partial charge < -0.3 is 14.5 Å². The maximum absolute atomic E-state index is 11.7. The highest BCUT2D eigenvalue weighted by molar-refractivity contribution is 6.33. The van der Waals surface area contributed by atoms with E-state index in [1.807, 2.05) is 36.4 Å². The van der Waals surface area contributed by atoms with E-state index in [9.17, 15) is 4.79 Å². The number of carbonyl (C=O) groups excluding carboxylic acids is 1. The Morgan fingerprint density at radius 3 is 2.26 bits per heavy atom. The first-order chi connectivity index (χ1) is 13.1. The fraction of sp³-hybridized carbons (Fsp3) is 0.333. The monoisotopic (exact) mass is 385 g/mol. The second kappa shape index (κ2) is 9.02. The quantitative estimate of drug-likeness (QED) is 0.455. The molecule has 0 spiro atoms. The van der Waals surface area contributed by atoms with Gasteiger partial charge in [0.25, 0.3) is 0 Å². The third-order valence-corrected chi connectivity index (χ3v) is 5.08. The van der Waals surface area contributed by atoms with Gasteiger partial charge >= 0.3 is 5.97 Å². The lowest BCUT2D eigenvalue weighted by Crippen LogP contribution is -2.48. The van der Waals surface area contributed by atoms with Crippen LogP contribution in [0.1, 0.15) is 22.8 Å². The first kappa shape index (κ1) is 19.4. The Kier molecular flexibility index (Phi) is 6.48. The van der Waals surface area contributed by atoms with Gasteiger partial charge in [0.05, 0.1) is 23.4 Å². The first-order valence-corrected chi connectivity index (χ1v) is 9.49. The van der Waals surface area contributed by atoms with Crippen molar-refractivity contribution in [2.24, 2.45) is 4.99 Å². The van der Waals surface area contributed by atoms with E-state index < -0.39 is 0 Å². The summed E-state index contributed by atoms with van der Waals surface area (Å²) in [6, 6.07) is 14.9. The van der Waals surface area contributed by atoms with Crippen molar-refractivity contribution in [3.63, 3.8) is 0 Å². The van der Waals surface area contributed by atoms with Crippen LogP contribution >= 0.6 is 11.6 Å². The summed E-state index contributed by atoms with van der Waals surface area (Å²) in [5, 5.41) is 0.619. The largest absolute Gasteiger partial charge is 0.465 e. The molecule has 0 N–H and O–H groups in total. The van der Waals surface area contributed by atoms with E-state index in [4.69, 9.17) is 21.3 Å². The minimum absolute atomic E-state index is 0.345. The molecule has 142 valence electrons. The van der Waals surface area contributed by atoms with Crippen LogP contribution in [0.2, 0.25) is 5.02 Å². The second-order valence-corrected chi connectivity index (χ2v) is 6.78. The number of hydrogen-bond acceptors (Lipinski definition) is 4. The topological polar surface area (TPSA) is 45.1 Å². The predicted molar refractivity (Wildman–Crippen MR) is 109 cm³/mol. The van der Waals surface area contributed by atoms with Crippen LogP contribution in [-0.4, -0.2) is 61.4 Å². The van der Waals surface area contributed by atoms with E-state index in [0.29, 0.717) is 10.6 Å². The first-order valence-electron chi connectivity index (χ1n) is 9.11. The Morgan fingerprint density at radius 2 is 1.67 bits per heavy atom. The number of nitrogens with zero attached hydrogens (tertiary/aromatic N) is 3. The van der Waals surface area contributed by atoms with Crippen LogP contribution in [0.25, 0.3) is 0 Å². The van der Waals surface area contributed by atoms with E-state index in [2.05, 4.69) is 16.7 Å². The minimum Gasteiger partial charge on any atom is -0.465 e. The summed E-state index contributed by atoms with van der Waals surface area (Å²) in [5.41, 5.74) is 2.21. The van der Waals surface area contributed by atoms with Crippen molar-refractivity contribution in [3.05, 3.63) is 64.7 Å². The van der Waals surface area contributed by atoms with Gasteiger partial charge in [0.15, 0.2) is 0 Å². The maximum atomic E-state index is 11.7. The van der Waals surface area contributed by atoms with Crippen molar-refractivity contribution in [2.45, 2.75) is 6.92 Å². The predicted octanol–water partition coefficient (Wildman–Crippen LogP) is 3.84. The highest BCUT2D eigenvalue weighted by atomic mass is 35.5. The average molecular weight is 386 g/mol. The molecule has 3 rings (SSSR count). The van der Waals surface area contributed by atoms with Crippen molar-refractivity contribution in [2.75, 3.05) is 39.8 Å². The van der Waals surface area contributed by atoms with E-state index in [0.717, 1.165) is 49.8 Å². The Morgan fingerprint density at radius 1 is 1.04 bits per heavy atom. The van der Waals surface area contributed by atoms with Gasteiger partial charge in [0, 0.05) is 31.7 Å². The Hall–Kier alpha value is -2.37. The molecule has 2 aromatic carbocycles. The second-order valence-electron chi connectivity index (χ2n) is 6.38.